The Morgan fingerprint density at radius 2 is 0.545 bits per heavy atom. The first-order valence-corrected chi connectivity index (χ1v) is 13.4. The summed E-state index contributed by atoms with van der Waals surface area (Å²) in [7, 11) is -12.1. The fourth-order valence-corrected chi connectivity index (χ4v) is 3.57. The van der Waals surface area contributed by atoms with Gasteiger partial charge in [0.25, 0.3) is 30.4 Å². The van der Waals surface area contributed by atoms with Gasteiger partial charge in [-0.2, -0.15) is 25.3 Å². The van der Waals surface area contributed by atoms with Crippen LogP contribution in [0.5, 0.6) is 0 Å². The molecule has 0 unspecified atom stereocenters. The second kappa shape index (κ2) is 11.5. The molecule has 9 nitrogen and oxygen atoms in total. The molecule has 0 amide bonds. The molecule has 0 aliphatic carbocycles. The molecular weight excluding hydrogens is 492 g/mol. The van der Waals surface area contributed by atoms with E-state index in [1.54, 1.807) is 36.4 Å². The van der Waals surface area contributed by atoms with Crippen LogP contribution in [0, 0.1) is 20.8 Å². The normalized spacial score (nSPS) is 11.5. The van der Waals surface area contributed by atoms with Crippen molar-refractivity contribution in [1.82, 2.24) is 0 Å². The molecule has 0 aliphatic heterocycles. The van der Waals surface area contributed by atoms with Gasteiger partial charge in [0.05, 0.1) is 14.7 Å². The quantitative estimate of drug-likeness (QED) is 0.440. The maximum absolute atomic E-state index is 10.5. The fourth-order valence-electron chi connectivity index (χ4n) is 2.13. The predicted molar refractivity (Wildman–Crippen MR) is 123 cm³/mol. The van der Waals surface area contributed by atoms with Gasteiger partial charge in [-0.05, 0) is 57.2 Å². The number of benzene rings is 3. The van der Waals surface area contributed by atoms with Crippen molar-refractivity contribution in [3.63, 3.8) is 0 Å². The fraction of sp³-hybridized carbons (Fsp3) is 0.143. The highest BCUT2D eigenvalue weighted by molar-refractivity contribution is 7.86. The highest BCUT2D eigenvalue weighted by Gasteiger charge is 2.08. The van der Waals surface area contributed by atoms with Gasteiger partial charge in [-0.15, -0.1) is 0 Å². The zero-order valence-electron chi connectivity index (χ0n) is 17.9. The minimum atomic E-state index is -4.02. The molecule has 0 spiro atoms. The molecular formula is C21H24O9S3. The molecule has 0 saturated heterocycles. The lowest BCUT2D eigenvalue weighted by Crippen LogP contribution is -1.96. The molecule has 33 heavy (non-hydrogen) atoms. The predicted octanol–water partition coefficient (Wildman–Crippen LogP) is 3.73. The van der Waals surface area contributed by atoms with Gasteiger partial charge in [-0.25, -0.2) is 0 Å². The largest absolute Gasteiger partial charge is 0.294 e. The van der Waals surface area contributed by atoms with Crippen molar-refractivity contribution in [2.75, 3.05) is 0 Å². The van der Waals surface area contributed by atoms with Gasteiger partial charge < -0.3 is 0 Å². The summed E-state index contributed by atoms with van der Waals surface area (Å²) in [5.74, 6) is 0. The van der Waals surface area contributed by atoms with Crippen molar-refractivity contribution in [2.24, 2.45) is 0 Å². The SMILES string of the molecule is Cc1ccc(S(=O)(=O)O)cc1.Cc1ccc(S(=O)(=O)O)cc1.Cc1ccc(S(=O)(=O)O)cc1. The molecule has 3 aromatic carbocycles. The number of hydrogen-bond donors (Lipinski definition) is 3. The lowest BCUT2D eigenvalue weighted by atomic mass is 10.2. The Kier molecular flexibility index (Phi) is 9.90. The van der Waals surface area contributed by atoms with E-state index in [1.807, 2.05) is 20.8 Å². The van der Waals surface area contributed by atoms with Crippen LogP contribution in [-0.4, -0.2) is 38.9 Å². The molecule has 0 saturated carbocycles. The molecule has 0 atom stereocenters. The highest BCUT2D eigenvalue weighted by atomic mass is 32.2. The highest BCUT2D eigenvalue weighted by Crippen LogP contribution is 2.10. The summed E-state index contributed by atoms with van der Waals surface area (Å²) in [6, 6.07) is 18.0. The van der Waals surface area contributed by atoms with E-state index in [1.165, 1.54) is 36.4 Å². The summed E-state index contributed by atoms with van der Waals surface area (Å²) in [6.07, 6.45) is 0. The Morgan fingerprint density at radius 3 is 0.667 bits per heavy atom. The van der Waals surface area contributed by atoms with Gasteiger partial charge in [-0.1, -0.05) is 53.1 Å². The molecule has 180 valence electrons. The third-order valence-electron chi connectivity index (χ3n) is 3.96. The first-order chi connectivity index (χ1) is 15.0. The maximum atomic E-state index is 10.5. The first-order valence-electron chi connectivity index (χ1n) is 9.12. The average molecular weight is 517 g/mol. The summed E-state index contributed by atoms with van der Waals surface area (Å²) < 4.78 is 88.7. The van der Waals surface area contributed by atoms with Crippen molar-refractivity contribution >= 4 is 30.4 Å². The third kappa shape index (κ3) is 10.7. The van der Waals surface area contributed by atoms with Crippen molar-refractivity contribution in [2.45, 2.75) is 35.5 Å². The van der Waals surface area contributed by atoms with Crippen LogP contribution in [0.1, 0.15) is 16.7 Å². The zero-order chi connectivity index (χ0) is 25.4. The van der Waals surface area contributed by atoms with Crippen molar-refractivity contribution in [3.8, 4) is 0 Å². The van der Waals surface area contributed by atoms with Gasteiger partial charge >= 0.3 is 0 Å². The third-order valence-corrected chi connectivity index (χ3v) is 6.56. The second-order valence-electron chi connectivity index (χ2n) is 6.86. The first kappa shape index (κ1) is 28.4. The van der Waals surface area contributed by atoms with E-state index in [2.05, 4.69) is 0 Å². The van der Waals surface area contributed by atoms with E-state index < -0.39 is 30.4 Å². The minimum absolute atomic E-state index is 0.0666. The van der Waals surface area contributed by atoms with Gasteiger partial charge in [0.1, 0.15) is 0 Å². The molecule has 0 bridgehead atoms. The molecule has 3 aromatic rings. The van der Waals surface area contributed by atoms with E-state index in [9.17, 15) is 25.3 Å². The lowest BCUT2D eigenvalue weighted by Gasteiger charge is -1.95. The van der Waals surface area contributed by atoms with Gasteiger partial charge in [-0.3, -0.25) is 13.7 Å². The Labute approximate surface area is 194 Å². The summed E-state index contributed by atoms with van der Waals surface area (Å²) >= 11 is 0. The summed E-state index contributed by atoms with van der Waals surface area (Å²) in [6.45, 7) is 5.52. The van der Waals surface area contributed by atoms with Gasteiger partial charge in [0, 0.05) is 0 Å². The van der Waals surface area contributed by atoms with Crippen LogP contribution in [0.3, 0.4) is 0 Å². The second-order valence-corrected chi connectivity index (χ2v) is 11.1. The van der Waals surface area contributed by atoms with Crippen LogP contribution in [0.25, 0.3) is 0 Å². The maximum Gasteiger partial charge on any atom is 0.294 e. The molecule has 0 heterocycles. The van der Waals surface area contributed by atoms with Crippen LogP contribution >= 0.6 is 0 Å². The molecule has 0 fully saturated rings. The summed E-state index contributed by atoms with van der Waals surface area (Å²) in [5, 5.41) is 0. The zero-order valence-corrected chi connectivity index (χ0v) is 20.4. The topological polar surface area (TPSA) is 163 Å². The smallest absolute Gasteiger partial charge is 0.282 e. The van der Waals surface area contributed by atoms with Crippen molar-refractivity contribution < 1.29 is 38.9 Å². The van der Waals surface area contributed by atoms with E-state index in [4.69, 9.17) is 13.7 Å². The van der Waals surface area contributed by atoms with E-state index in [0.717, 1.165) is 16.7 Å². The number of rotatable bonds is 3. The van der Waals surface area contributed by atoms with E-state index in [0.29, 0.717) is 0 Å². The molecule has 0 radical (unpaired) electrons. The van der Waals surface area contributed by atoms with Gasteiger partial charge in [0.15, 0.2) is 0 Å². The van der Waals surface area contributed by atoms with Crippen LogP contribution in [0.2, 0.25) is 0 Å². The molecule has 12 heteroatoms. The van der Waals surface area contributed by atoms with E-state index in [-0.39, 0.29) is 14.7 Å². The van der Waals surface area contributed by atoms with Crippen LogP contribution in [0.15, 0.2) is 87.5 Å². The Morgan fingerprint density at radius 1 is 0.394 bits per heavy atom. The molecule has 0 aromatic heterocycles. The molecule has 3 rings (SSSR count). The van der Waals surface area contributed by atoms with Gasteiger partial charge in [0.2, 0.25) is 0 Å². The number of aryl methyl sites for hydroxylation is 3. The monoisotopic (exact) mass is 516 g/mol. The van der Waals surface area contributed by atoms with E-state index >= 15 is 0 Å². The Hall–Kier alpha value is -2.61. The Bertz CT molecular complexity index is 1180. The molecule has 3 N–H and O–H groups in total. The minimum Gasteiger partial charge on any atom is -0.282 e. The van der Waals surface area contributed by atoms with Crippen molar-refractivity contribution in [1.29, 1.82) is 0 Å². The Balaban J connectivity index is 0.000000247. The standard InChI is InChI=1S/3C7H8O3S/c3*1-6-2-4-7(5-3-6)11(8,9)10/h3*2-5H,1H3,(H,8,9,10). The molecule has 0 aliphatic rings. The summed E-state index contributed by atoms with van der Waals surface area (Å²) in [4.78, 5) is -0.200. The summed E-state index contributed by atoms with van der Waals surface area (Å²) in [5.41, 5.74) is 2.87. The number of hydrogen-bond acceptors (Lipinski definition) is 6. The van der Waals surface area contributed by atoms with Crippen LogP contribution in [0.4, 0.5) is 0 Å². The van der Waals surface area contributed by atoms with Crippen molar-refractivity contribution in [3.05, 3.63) is 89.5 Å². The van der Waals surface area contributed by atoms with Crippen LogP contribution < -0.4 is 0 Å². The average Bonchev–Trinajstić information content (AvgIpc) is 2.68. The van der Waals surface area contributed by atoms with Crippen LogP contribution in [-0.2, 0) is 30.4 Å². The lowest BCUT2D eigenvalue weighted by molar-refractivity contribution is 0.481.